The van der Waals surface area contributed by atoms with Crippen LogP contribution in [-0.2, 0) is 4.79 Å². The first-order valence-electron chi connectivity index (χ1n) is 4.73. The molecule has 7 heteroatoms. The normalized spacial score (nSPS) is 11.5. The Balaban J connectivity index is 2.64. The van der Waals surface area contributed by atoms with Gasteiger partial charge in [-0.3, -0.25) is 10.2 Å². The van der Waals surface area contributed by atoms with Crippen molar-refractivity contribution in [3.63, 3.8) is 0 Å². The van der Waals surface area contributed by atoms with Crippen LogP contribution in [0.2, 0.25) is 0 Å². The van der Waals surface area contributed by atoms with Gasteiger partial charge >= 0.3 is 0 Å². The fraction of sp³-hybridized carbons (Fsp3) is 0.556. The Labute approximate surface area is 103 Å². The van der Waals surface area contributed by atoms with Crippen molar-refractivity contribution < 1.29 is 4.79 Å². The Morgan fingerprint density at radius 2 is 2.25 bits per heavy atom. The van der Waals surface area contributed by atoms with Crippen molar-refractivity contribution in [1.82, 2.24) is 10.4 Å². The van der Waals surface area contributed by atoms with Crippen LogP contribution in [0.4, 0.5) is 5.13 Å². The molecule has 0 fully saturated rings. The number of amides is 1. The van der Waals surface area contributed by atoms with Gasteiger partial charge in [-0.05, 0) is 6.92 Å². The molecular weight excluding hydrogens is 244 g/mol. The number of hydrogen-bond acceptors (Lipinski definition) is 6. The van der Waals surface area contributed by atoms with E-state index in [1.165, 1.54) is 11.3 Å². The molecule has 0 unspecified atom stereocenters. The van der Waals surface area contributed by atoms with E-state index in [0.29, 0.717) is 10.9 Å². The van der Waals surface area contributed by atoms with Crippen LogP contribution in [0.5, 0.6) is 0 Å². The minimum atomic E-state index is -0.509. The Bertz CT molecular complexity index is 389. The zero-order valence-corrected chi connectivity index (χ0v) is 11.2. The molecule has 5 nitrogen and oxygen atoms in total. The second-order valence-electron chi connectivity index (χ2n) is 4.07. The average Bonchev–Trinajstić information content (AvgIpc) is 2.53. The maximum Gasteiger partial charge on any atom is 0.240 e. The van der Waals surface area contributed by atoms with Crippen molar-refractivity contribution in [3.8, 4) is 0 Å². The zero-order chi connectivity index (χ0) is 12.3. The summed E-state index contributed by atoms with van der Waals surface area (Å²) in [7, 11) is 0. The number of thioether (sulfide) groups is 1. The minimum Gasteiger partial charge on any atom is -0.375 e. The molecule has 16 heavy (non-hydrogen) atoms. The number of hydrogen-bond donors (Lipinski definition) is 3. The number of thiazole rings is 1. The van der Waals surface area contributed by atoms with E-state index < -0.39 is 5.41 Å². The second-order valence-corrected chi connectivity index (χ2v) is 6.35. The summed E-state index contributed by atoms with van der Waals surface area (Å²) in [5, 5.41) is 0.557. The third-order valence-corrected chi connectivity index (χ3v) is 4.89. The summed E-state index contributed by atoms with van der Waals surface area (Å²) in [5.74, 6) is 5.59. The van der Waals surface area contributed by atoms with Crippen LogP contribution in [0, 0.1) is 12.3 Å². The Morgan fingerprint density at radius 3 is 2.69 bits per heavy atom. The molecule has 0 aliphatic rings. The smallest absolute Gasteiger partial charge is 0.240 e. The van der Waals surface area contributed by atoms with E-state index in [1.807, 2.05) is 20.8 Å². The van der Waals surface area contributed by atoms with E-state index in [-0.39, 0.29) is 5.91 Å². The van der Waals surface area contributed by atoms with E-state index in [1.54, 1.807) is 11.8 Å². The number of aromatic nitrogens is 1. The Hall–Kier alpha value is -0.790. The molecule has 0 saturated heterocycles. The number of hydrazine groups is 1. The molecular formula is C9H16N4OS2. The highest BCUT2D eigenvalue weighted by Gasteiger charge is 2.27. The maximum atomic E-state index is 11.5. The molecule has 0 spiro atoms. The average molecular weight is 260 g/mol. The number of nitrogens with one attached hydrogen (secondary N) is 1. The van der Waals surface area contributed by atoms with Crippen LogP contribution in [0.25, 0.3) is 0 Å². The summed E-state index contributed by atoms with van der Waals surface area (Å²) in [6.45, 7) is 5.61. The fourth-order valence-corrected chi connectivity index (χ4v) is 3.16. The van der Waals surface area contributed by atoms with E-state index >= 15 is 0 Å². The minimum absolute atomic E-state index is 0.171. The summed E-state index contributed by atoms with van der Waals surface area (Å²) in [6, 6.07) is 0. The number of aryl methyl sites for hydroxylation is 1. The second kappa shape index (κ2) is 5.03. The fourth-order valence-electron chi connectivity index (χ4n) is 1.04. The molecule has 1 amide bonds. The lowest BCUT2D eigenvalue weighted by atomic mass is 9.96. The third-order valence-electron chi connectivity index (χ3n) is 2.08. The molecule has 90 valence electrons. The van der Waals surface area contributed by atoms with Crippen LogP contribution in [0.3, 0.4) is 0 Å². The third kappa shape index (κ3) is 3.10. The molecule has 0 aromatic carbocycles. The molecule has 1 aromatic rings. The van der Waals surface area contributed by atoms with Gasteiger partial charge in [0.05, 0.1) is 15.3 Å². The number of nitrogen functional groups attached to an aromatic ring is 1. The van der Waals surface area contributed by atoms with Gasteiger partial charge in [0, 0.05) is 5.75 Å². The topological polar surface area (TPSA) is 94.0 Å². The summed E-state index contributed by atoms with van der Waals surface area (Å²) in [6.07, 6.45) is 0. The number of nitrogens with zero attached hydrogens (tertiary/aromatic N) is 1. The first kappa shape index (κ1) is 13.3. The van der Waals surface area contributed by atoms with E-state index in [9.17, 15) is 4.79 Å². The van der Waals surface area contributed by atoms with Crippen molar-refractivity contribution in [2.24, 2.45) is 11.3 Å². The highest BCUT2D eigenvalue weighted by molar-refractivity contribution is 8.01. The molecule has 0 atom stereocenters. The lowest BCUT2D eigenvalue weighted by molar-refractivity contribution is -0.128. The van der Waals surface area contributed by atoms with Crippen molar-refractivity contribution in [2.45, 2.75) is 25.0 Å². The first-order valence-corrected chi connectivity index (χ1v) is 6.54. The van der Waals surface area contributed by atoms with E-state index in [0.717, 1.165) is 9.90 Å². The molecule has 0 radical (unpaired) electrons. The van der Waals surface area contributed by atoms with Crippen LogP contribution < -0.4 is 17.0 Å². The standard InChI is InChI=1S/C9H16N4OS2/c1-5-6(16-8(10)12-5)15-4-9(2,3)7(14)13-11/h4,11H2,1-3H3,(H2,10,12)(H,13,14). The van der Waals surface area contributed by atoms with Gasteiger partial charge in [0.15, 0.2) is 5.13 Å². The van der Waals surface area contributed by atoms with E-state index in [4.69, 9.17) is 11.6 Å². The van der Waals surface area contributed by atoms with Crippen LogP contribution in [0.1, 0.15) is 19.5 Å². The number of anilines is 1. The van der Waals surface area contributed by atoms with Crippen LogP contribution in [-0.4, -0.2) is 16.6 Å². The number of nitrogens with two attached hydrogens (primary N) is 2. The molecule has 0 bridgehead atoms. The van der Waals surface area contributed by atoms with Gasteiger partial charge in [0.1, 0.15) is 0 Å². The molecule has 1 heterocycles. The van der Waals surface area contributed by atoms with Gasteiger partial charge in [0.25, 0.3) is 0 Å². The largest absolute Gasteiger partial charge is 0.375 e. The van der Waals surface area contributed by atoms with Crippen molar-refractivity contribution in [3.05, 3.63) is 5.69 Å². The van der Waals surface area contributed by atoms with Gasteiger partial charge in [-0.2, -0.15) is 0 Å². The summed E-state index contributed by atoms with van der Waals surface area (Å²) < 4.78 is 1.05. The predicted molar refractivity (Wildman–Crippen MR) is 68.1 cm³/mol. The van der Waals surface area contributed by atoms with Crippen molar-refractivity contribution in [1.29, 1.82) is 0 Å². The lowest BCUT2D eigenvalue weighted by Gasteiger charge is -2.21. The van der Waals surface area contributed by atoms with Gasteiger partial charge in [-0.1, -0.05) is 25.2 Å². The predicted octanol–water partition coefficient (Wildman–Crippen LogP) is 1.14. The molecule has 1 rings (SSSR count). The Morgan fingerprint density at radius 1 is 1.62 bits per heavy atom. The van der Waals surface area contributed by atoms with Crippen LogP contribution >= 0.6 is 23.1 Å². The number of rotatable bonds is 4. The van der Waals surface area contributed by atoms with E-state index in [2.05, 4.69) is 10.4 Å². The lowest BCUT2D eigenvalue weighted by Crippen LogP contribution is -2.42. The molecule has 0 aliphatic heterocycles. The molecule has 0 saturated carbocycles. The number of carbonyl (C=O) groups excluding carboxylic acids is 1. The molecule has 1 aromatic heterocycles. The monoisotopic (exact) mass is 260 g/mol. The molecule has 0 aliphatic carbocycles. The van der Waals surface area contributed by atoms with Gasteiger partial charge < -0.3 is 5.73 Å². The van der Waals surface area contributed by atoms with Gasteiger partial charge in [-0.25, -0.2) is 10.8 Å². The quantitative estimate of drug-likeness (QED) is 0.327. The molecule has 5 N–H and O–H groups in total. The Kier molecular flexibility index (Phi) is 4.17. The van der Waals surface area contributed by atoms with Gasteiger partial charge in [-0.15, -0.1) is 11.8 Å². The highest BCUT2D eigenvalue weighted by atomic mass is 32.2. The highest BCUT2D eigenvalue weighted by Crippen LogP contribution is 2.34. The zero-order valence-electron chi connectivity index (χ0n) is 9.53. The van der Waals surface area contributed by atoms with Crippen LogP contribution in [0.15, 0.2) is 4.21 Å². The van der Waals surface area contributed by atoms with Crippen molar-refractivity contribution in [2.75, 3.05) is 11.5 Å². The first-order chi connectivity index (χ1) is 7.36. The maximum absolute atomic E-state index is 11.5. The number of carbonyl (C=O) groups is 1. The SMILES string of the molecule is Cc1nc(N)sc1SCC(C)(C)C(=O)NN. The van der Waals surface area contributed by atoms with Crippen molar-refractivity contribution >= 4 is 34.1 Å². The summed E-state index contributed by atoms with van der Waals surface area (Å²) >= 11 is 3.02. The summed E-state index contributed by atoms with van der Waals surface area (Å²) in [4.78, 5) is 15.6. The van der Waals surface area contributed by atoms with Gasteiger partial charge in [0.2, 0.25) is 5.91 Å². The summed E-state index contributed by atoms with van der Waals surface area (Å²) in [5.41, 5.74) is 8.18.